The van der Waals surface area contributed by atoms with Crippen molar-refractivity contribution in [3.8, 4) is 5.75 Å². The molecule has 1 aliphatic carbocycles. The Labute approximate surface area is 156 Å². The van der Waals surface area contributed by atoms with Gasteiger partial charge in [0.1, 0.15) is 5.75 Å². The molecule has 3 N–H and O–H groups in total. The van der Waals surface area contributed by atoms with Crippen LogP contribution in [0.3, 0.4) is 0 Å². The Hall–Kier alpha value is -3.28. The number of ether oxygens (including phenoxy) is 1. The molecule has 6 nitrogen and oxygen atoms in total. The molecule has 2 aromatic carbocycles. The van der Waals surface area contributed by atoms with E-state index in [1.54, 1.807) is 18.2 Å². The number of aromatic carboxylic acids is 2. The van der Waals surface area contributed by atoms with Crippen molar-refractivity contribution in [2.24, 2.45) is 5.92 Å². The third-order valence-corrected chi connectivity index (χ3v) is 5.42. The van der Waals surface area contributed by atoms with Crippen molar-refractivity contribution in [3.05, 3.63) is 70.8 Å². The fourth-order valence-electron chi connectivity index (χ4n) is 4.11. The van der Waals surface area contributed by atoms with Crippen LogP contribution in [0.25, 0.3) is 0 Å². The Morgan fingerprint density at radius 2 is 1.78 bits per heavy atom. The molecule has 0 unspecified atom stereocenters. The van der Waals surface area contributed by atoms with Crippen molar-refractivity contribution >= 4 is 17.6 Å². The number of rotatable bonds is 4. The van der Waals surface area contributed by atoms with Gasteiger partial charge in [-0.3, -0.25) is 0 Å². The maximum atomic E-state index is 11.5. The Kier molecular flexibility index (Phi) is 4.11. The summed E-state index contributed by atoms with van der Waals surface area (Å²) in [5.41, 5.74) is 3.16. The molecule has 0 amide bonds. The third kappa shape index (κ3) is 2.83. The number of carbonyl (C=O) groups is 2. The molecular weight excluding hydrogens is 346 g/mol. The number of nitrogens with one attached hydrogen (secondary N) is 1. The van der Waals surface area contributed by atoms with E-state index >= 15 is 0 Å². The maximum absolute atomic E-state index is 11.5. The zero-order chi connectivity index (χ0) is 19.1. The van der Waals surface area contributed by atoms with Gasteiger partial charge in [-0.15, -0.1) is 0 Å². The minimum absolute atomic E-state index is 0.0232. The van der Waals surface area contributed by atoms with Crippen LogP contribution >= 0.6 is 0 Å². The van der Waals surface area contributed by atoms with E-state index in [0.29, 0.717) is 5.75 Å². The van der Waals surface area contributed by atoms with Gasteiger partial charge in [0.05, 0.1) is 30.0 Å². The van der Waals surface area contributed by atoms with Crippen LogP contribution in [-0.2, 0) is 0 Å². The summed E-state index contributed by atoms with van der Waals surface area (Å²) in [4.78, 5) is 22.6. The van der Waals surface area contributed by atoms with Crippen molar-refractivity contribution in [1.82, 2.24) is 0 Å². The van der Waals surface area contributed by atoms with Crippen LogP contribution in [0.2, 0.25) is 0 Å². The van der Waals surface area contributed by atoms with Gasteiger partial charge in [0.15, 0.2) is 0 Å². The second-order valence-corrected chi connectivity index (χ2v) is 6.85. The molecule has 0 saturated heterocycles. The number of anilines is 1. The molecular formula is C21H19NO5. The molecule has 0 aromatic heterocycles. The lowest BCUT2D eigenvalue weighted by molar-refractivity contribution is 0.0685. The quantitative estimate of drug-likeness (QED) is 0.711. The van der Waals surface area contributed by atoms with E-state index in [4.69, 9.17) is 9.84 Å². The molecule has 0 radical (unpaired) electrons. The molecule has 3 atom stereocenters. The van der Waals surface area contributed by atoms with Gasteiger partial charge in [-0.05, 0) is 47.7 Å². The van der Waals surface area contributed by atoms with Crippen LogP contribution in [0.4, 0.5) is 5.69 Å². The number of carboxylic acids is 2. The maximum Gasteiger partial charge on any atom is 0.335 e. The third-order valence-electron chi connectivity index (χ3n) is 5.42. The Morgan fingerprint density at radius 3 is 2.41 bits per heavy atom. The van der Waals surface area contributed by atoms with Gasteiger partial charge >= 0.3 is 11.9 Å². The Bertz CT molecular complexity index is 948. The molecule has 0 fully saturated rings. The highest BCUT2D eigenvalue weighted by molar-refractivity contribution is 5.90. The van der Waals surface area contributed by atoms with Crippen LogP contribution in [0.15, 0.2) is 48.6 Å². The van der Waals surface area contributed by atoms with Crippen LogP contribution < -0.4 is 10.1 Å². The fraction of sp³-hybridized carbons (Fsp3) is 0.238. The first-order chi connectivity index (χ1) is 13.0. The molecule has 138 valence electrons. The summed E-state index contributed by atoms with van der Waals surface area (Å²) < 4.78 is 5.46. The van der Waals surface area contributed by atoms with E-state index in [-0.39, 0.29) is 29.0 Å². The SMILES string of the molecule is COc1cc(C(=O)O)cc2c1N[C@@H](c1ccc(C(=O)O)cc1)[C@H]1CC=C[C@H]21. The fourth-order valence-corrected chi connectivity index (χ4v) is 4.11. The zero-order valence-corrected chi connectivity index (χ0v) is 14.7. The molecule has 0 spiro atoms. The van der Waals surface area contributed by atoms with Crippen LogP contribution in [0, 0.1) is 5.92 Å². The predicted molar refractivity (Wildman–Crippen MR) is 99.7 cm³/mol. The predicted octanol–water partition coefficient (Wildman–Crippen LogP) is 3.92. The lowest BCUT2D eigenvalue weighted by Crippen LogP contribution is -2.29. The van der Waals surface area contributed by atoms with Crippen molar-refractivity contribution in [2.75, 3.05) is 12.4 Å². The van der Waals surface area contributed by atoms with Gasteiger partial charge in [-0.25, -0.2) is 9.59 Å². The highest BCUT2D eigenvalue weighted by Crippen LogP contribution is 2.52. The van der Waals surface area contributed by atoms with E-state index in [2.05, 4.69) is 17.5 Å². The minimum Gasteiger partial charge on any atom is -0.495 e. The van der Waals surface area contributed by atoms with Gasteiger partial charge < -0.3 is 20.3 Å². The van der Waals surface area contributed by atoms with Gasteiger partial charge in [0.25, 0.3) is 0 Å². The van der Waals surface area contributed by atoms with E-state index in [9.17, 15) is 14.7 Å². The number of methoxy groups -OCH3 is 1. The first-order valence-electron chi connectivity index (χ1n) is 8.71. The number of hydrogen-bond donors (Lipinski definition) is 3. The van der Waals surface area contributed by atoms with Crippen molar-refractivity contribution in [3.63, 3.8) is 0 Å². The van der Waals surface area contributed by atoms with E-state index in [1.165, 1.54) is 13.2 Å². The molecule has 1 heterocycles. The number of hydrogen-bond acceptors (Lipinski definition) is 4. The molecule has 1 aliphatic heterocycles. The Morgan fingerprint density at radius 1 is 1.07 bits per heavy atom. The van der Waals surface area contributed by atoms with E-state index in [1.807, 2.05) is 12.1 Å². The monoisotopic (exact) mass is 365 g/mol. The van der Waals surface area contributed by atoms with Crippen molar-refractivity contribution in [1.29, 1.82) is 0 Å². The number of benzene rings is 2. The zero-order valence-electron chi connectivity index (χ0n) is 14.7. The topological polar surface area (TPSA) is 95.9 Å². The van der Waals surface area contributed by atoms with Gasteiger partial charge in [-0.1, -0.05) is 24.3 Å². The summed E-state index contributed by atoms with van der Waals surface area (Å²) >= 11 is 0. The summed E-state index contributed by atoms with van der Waals surface area (Å²) in [5.74, 6) is -1.14. The summed E-state index contributed by atoms with van der Waals surface area (Å²) in [5, 5.41) is 22.0. The highest BCUT2D eigenvalue weighted by atomic mass is 16.5. The van der Waals surface area contributed by atoms with Crippen LogP contribution in [-0.4, -0.2) is 29.3 Å². The van der Waals surface area contributed by atoms with Gasteiger partial charge in [0, 0.05) is 5.92 Å². The average molecular weight is 365 g/mol. The second kappa shape index (κ2) is 6.46. The summed E-state index contributed by atoms with van der Waals surface area (Å²) in [7, 11) is 1.52. The van der Waals surface area contributed by atoms with Crippen molar-refractivity contribution < 1.29 is 24.5 Å². The van der Waals surface area contributed by atoms with Crippen LogP contribution in [0.5, 0.6) is 5.75 Å². The number of fused-ring (bicyclic) bond motifs is 3. The molecule has 0 bridgehead atoms. The number of carboxylic acid groups (broad SMARTS) is 2. The largest absolute Gasteiger partial charge is 0.495 e. The smallest absolute Gasteiger partial charge is 0.335 e. The molecule has 6 heteroatoms. The molecule has 2 aromatic rings. The molecule has 27 heavy (non-hydrogen) atoms. The first-order valence-corrected chi connectivity index (χ1v) is 8.71. The lowest BCUT2D eigenvalue weighted by Gasteiger charge is -2.38. The summed E-state index contributed by atoms with van der Waals surface area (Å²) in [6, 6.07) is 10.1. The van der Waals surface area contributed by atoms with E-state index < -0.39 is 11.9 Å². The molecule has 4 rings (SSSR count). The van der Waals surface area contributed by atoms with Gasteiger partial charge in [0.2, 0.25) is 0 Å². The van der Waals surface area contributed by atoms with Gasteiger partial charge in [-0.2, -0.15) is 0 Å². The van der Waals surface area contributed by atoms with Crippen molar-refractivity contribution in [2.45, 2.75) is 18.4 Å². The van der Waals surface area contributed by atoms with E-state index in [0.717, 1.165) is 23.2 Å². The average Bonchev–Trinajstić information content (AvgIpc) is 3.16. The second-order valence-electron chi connectivity index (χ2n) is 6.85. The highest BCUT2D eigenvalue weighted by Gasteiger charge is 2.39. The summed E-state index contributed by atoms with van der Waals surface area (Å²) in [6.07, 6.45) is 5.10. The molecule has 0 saturated carbocycles. The normalized spacial score (nSPS) is 22.5. The first kappa shape index (κ1) is 17.1. The standard InChI is InChI=1S/C21H19NO5/c1-27-17-10-13(21(25)26)9-16-14-3-2-4-15(14)18(22-19(16)17)11-5-7-12(8-6-11)20(23)24/h2-3,5-10,14-15,18,22H,4H2,1H3,(H,23,24)(H,25,26)/t14-,15-,18-/m0/s1. The number of allylic oxidation sites excluding steroid dienone is 2. The lowest BCUT2D eigenvalue weighted by atomic mass is 9.76. The van der Waals surface area contributed by atoms with Crippen LogP contribution in [0.1, 0.15) is 50.2 Å². The Balaban J connectivity index is 1.79. The minimum atomic E-state index is -0.985. The summed E-state index contributed by atoms with van der Waals surface area (Å²) in [6.45, 7) is 0. The molecule has 2 aliphatic rings.